The van der Waals surface area contributed by atoms with E-state index >= 15 is 0 Å². The fourth-order valence-electron chi connectivity index (χ4n) is 3.43. The quantitative estimate of drug-likeness (QED) is 0.784. The van der Waals surface area contributed by atoms with Crippen LogP contribution in [0.4, 0.5) is 0 Å². The van der Waals surface area contributed by atoms with Crippen LogP contribution in [0.2, 0.25) is 10.0 Å². The highest BCUT2D eigenvalue weighted by atomic mass is 35.5. The van der Waals surface area contributed by atoms with Crippen LogP contribution in [0.15, 0.2) is 48.5 Å². The van der Waals surface area contributed by atoms with Crippen molar-refractivity contribution in [2.24, 2.45) is 0 Å². The highest BCUT2D eigenvalue weighted by Gasteiger charge is 2.47. The summed E-state index contributed by atoms with van der Waals surface area (Å²) in [6.07, 6.45) is -4.94. The van der Waals surface area contributed by atoms with E-state index in [1.54, 1.807) is 36.4 Å². The van der Waals surface area contributed by atoms with Gasteiger partial charge < -0.3 is 29.2 Å². The monoisotopic (exact) mass is 426 g/mol. The van der Waals surface area contributed by atoms with Crippen LogP contribution in [0.3, 0.4) is 0 Å². The minimum absolute atomic E-state index is 0.0234. The summed E-state index contributed by atoms with van der Waals surface area (Å²) in [7, 11) is 0. The number of benzene rings is 2. The Labute approximate surface area is 172 Å². The van der Waals surface area contributed by atoms with Crippen molar-refractivity contribution in [1.29, 1.82) is 0 Å². The molecule has 2 saturated heterocycles. The third-order valence-electron chi connectivity index (χ3n) is 4.85. The zero-order valence-electron chi connectivity index (χ0n) is 14.8. The Morgan fingerprint density at radius 1 is 0.821 bits per heavy atom. The fourth-order valence-corrected chi connectivity index (χ4v) is 3.88. The van der Waals surface area contributed by atoms with Crippen LogP contribution in [0.25, 0.3) is 0 Å². The molecule has 4 rings (SSSR count). The first-order valence-corrected chi connectivity index (χ1v) is 9.70. The van der Waals surface area contributed by atoms with Crippen LogP contribution in [0.5, 0.6) is 0 Å². The first kappa shape index (κ1) is 20.1. The average Bonchev–Trinajstić information content (AvgIpc) is 2.87. The minimum Gasteiger partial charge on any atom is -0.394 e. The van der Waals surface area contributed by atoms with E-state index in [-0.39, 0.29) is 13.2 Å². The molecule has 2 aromatic rings. The lowest BCUT2D eigenvalue weighted by molar-refractivity contribution is -0.321. The molecule has 2 aromatic carbocycles. The van der Waals surface area contributed by atoms with E-state index in [0.717, 1.165) is 0 Å². The first-order valence-electron chi connectivity index (χ1n) is 8.94. The molecule has 6 atom stereocenters. The average molecular weight is 427 g/mol. The van der Waals surface area contributed by atoms with E-state index < -0.39 is 37.0 Å². The summed E-state index contributed by atoms with van der Waals surface area (Å²) in [6.45, 7) is -0.349. The Bertz CT molecular complexity index is 775. The Kier molecular flexibility index (Phi) is 6.20. The number of hydrogen-bond donors (Lipinski definition) is 2. The summed E-state index contributed by atoms with van der Waals surface area (Å²) in [4.78, 5) is 0. The van der Waals surface area contributed by atoms with Gasteiger partial charge >= 0.3 is 0 Å². The Balaban J connectivity index is 1.62. The molecule has 0 saturated carbocycles. The van der Waals surface area contributed by atoms with E-state index in [1.807, 2.05) is 12.1 Å². The number of aliphatic hydroxyl groups excluding tert-OH is 2. The molecule has 0 radical (unpaired) electrons. The molecule has 6 nitrogen and oxygen atoms in total. The van der Waals surface area contributed by atoms with Gasteiger partial charge in [-0.15, -0.1) is 0 Å². The molecule has 2 fully saturated rings. The SMILES string of the molecule is OC[C@@H]1OC(c2ccccc2Cl)O[C@H]2[C@@H]1OC(c1ccccc1Cl)OC[C@H]2O. The molecule has 0 aliphatic carbocycles. The number of fused-ring (bicyclic) bond motifs is 1. The summed E-state index contributed by atoms with van der Waals surface area (Å²) in [5.41, 5.74) is 1.24. The van der Waals surface area contributed by atoms with Crippen LogP contribution >= 0.6 is 23.2 Å². The minimum atomic E-state index is -0.986. The first-order chi connectivity index (χ1) is 13.6. The van der Waals surface area contributed by atoms with Gasteiger partial charge in [-0.1, -0.05) is 59.6 Å². The number of halogens is 2. The van der Waals surface area contributed by atoms with Crippen LogP contribution < -0.4 is 0 Å². The summed E-state index contributed by atoms with van der Waals surface area (Å²) in [5.74, 6) is 0. The molecule has 2 unspecified atom stereocenters. The largest absolute Gasteiger partial charge is 0.394 e. The topological polar surface area (TPSA) is 77.4 Å². The maximum atomic E-state index is 10.6. The van der Waals surface area contributed by atoms with Gasteiger partial charge in [-0.2, -0.15) is 0 Å². The van der Waals surface area contributed by atoms with Crippen molar-refractivity contribution in [3.63, 3.8) is 0 Å². The highest BCUT2D eigenvalue weighted by Crippen LogP contribution is 2.40. The second-order valence-corrected chi connectivity index (χ2v) is 7.48. The number of aliphatic hydroxyl groups is 2. The third kappa shape index (κ3) is 3.92. The summed E-state index contributed by atoms with van der Waals surface area (Å²) < 4.78 is 23.7. The molecular formula is C20H20Cl2O6. The predicted molar refractivity (Wildman–Crippen MR) is 102 cm³/mol. The molecule has 0 amide bonds. The molecule has 2 heterocycles. The summed E-state index contributed by atoms with van der Waals surface area (Å²) in [5, 5.41) is 21.5. The fraction of sp³-hybridized carbons (Fsp3) is 0.400. The van der Waals surface area contributed by atoms with Gasteiger partial charge in [-0.05, 0) is 12.1 Å². The molecule has 2 aliphatic heterocycles. The molecule has 28 heavy (non-hydrogen) atoms. The smallest absolute Gasteiger partial charge is 0.186 e. The van der Waals surface area contributed by atoms with E-state index in [2.05, 4.69) is 0 Å². The third-order valence-corrected chi connectivity index (χ3v) is 5.53. The van der Waals surface area contributed by atoms with Gasteiger partial charge in [0.05, 0.1) is 13.2 Å². The lowest BCUT2D eigenvalue weighted by Crippen LogP contribution is -2.54. The molecule has 150 valence electrons. The van der Waals surface area contributed by atoms with Crippen molar-refractivity contribution < 1.29 is 29.2 Å². The van der Waals surface area contributed by atoms with Crippen LogP contribution in [0, 0.1) is 0 Å². The zero-order chi connectivity index (χ0) is 19.7. The van der Waals surface area contributed by atoms with Gasteiger partial charge in [0, 0.05) is 21.2 Å². The molecule has 8 heteroatoms. The van der Waals surface area contributed by atoms with Gasteiger partial charge in [-0.25, -0.2) is 0 Å². The van der Waals surface area contributed by atoms with Gasteiger partial charge in [0.15, 0.2) is 12.6 Å². The van der Waals surface area contributed by atoms with Crippen molar-refractivity contribution >= 4 is 23.2 Å². The Morgan fingerprint density at radius 2 is 1.39 bits per heavy atom. The predicted octanol–water partition coefficient (Wildman–Crippen LogP) is 3.24. The van der Waals surface area contributed by atoms with Crippen molar-refractivity contribution in [3.8, 4) is 0 Å². The van der Waals surface area contributed by atoms with E-state index in [0.29, 0.717) is 21.2 Å². The number of rotatable bonds is 3. The lowest BCUT2D eigenvalue weighted by Gasteiger charge is -2.42. The van der Waals surface area contributed by atoms with E-state index in [1.165, 1.54) is 0 Å². The van der Waals surface area contributed by atoms with Gasteiger partial charge in [-0.3, -0.25) is 0 Å². The Hall–Kier alpha value is -1.22. The maximum absolute atomic E-state index is 10.6. The number of hydrogen-bond acceptors (Lipinski definition) is 6. The number of ether oxygens (including phenoxy) is 4. The van der Waals surface area contributed by atoms with Crippen molar-refractivity contribution in [2.75, 3.05) is 13.2 Å². The Morgan fingerprint density at radius 3 is 2.00 bits per heavy atom. The normalized spacial score (nSPS) is 33.1. The molecule has 2 aliphatic rings. The van der Waals surface area contributed by atoms with Crippen molar-refractivity contribution in [3.05, 3.63) is 69.7 Å². The lowest BCUT2D eigenvalue weighted by atomic mass is 10.0. The van der Waals surface area contributed by atoms with Crippen LogP contribution in [-0.2, 0) is 18.9 Å². The van der Waals surface area contributed by atoms with E-state index in [4.69, 9.17) is 42.1 Å². The maximum Gasteiger partial charge on any atom is 0.186 e. The second-order valence-electron chi connectivity index (χ2n) is 6.67. The zero-order valence-corrected chi connectivity index (χ0v) is 16.3. The van der Waals surface area contributed by atoms with Gasteiger partial charge in [0.25, 0.3) is 0 Å². The molecule has 2 N–H and O–H groups in total. The van der Waals surface area contributed by atoms with Gasteiger partial charge in [0.1, 0.15) is 24.4 Å². The van der Waals surface area contributed by atoms with Crippen molar-refractivity contribution in [1.82, 2.24) is 0 Å². The molecular weight excluding hydrogens is 407 g/mol. The second kappa shape index (κ2) is 8.65. The van der Waals surface area contributed by atoms with Crippen LogP contribution in [0.1, 0.15) is 23.7 Å². The van der Waals surface area contributed by atoms with E-state index in [9.17, 15) is 10.2 Å². The molecule has 0 bridgehead atoms. The van der Waals surface area contributed by atoms with Crippen molar-refractivity contribution in [2.45, 2.75) is 37.0 Å². The molecule has 0 spiro atoms. The summed E-state index contributed by atoms with van der Waals surface area (Å²) >= 11 is 12.5. The standard InChI is InChI=1S/C20H20Cl2O6/c21-13-7-3-1-5-11(13)19-25-10-15(24)17-18(28-19)16(9-23)26-20(27-17)12-6-2-4-8-14(12)22/h1-8,15-20,23-24H,9-10H2/t15-,16+,17-,18-,19?,20?/m1/s1. The molecule has 0 aromatic heterocycles. The van der Waals surface area contributed by atoms with Crippen LogP contribution in [-0.4, -0.2) is 47.8 Å². The summed E-state index contributed by atoms with van der Waals surface area (Å²) in [6, 6.07) is 14.2. The van der Waals surface area contributed by atoms with Gasteiger partial charge in [0.2, 0.25) is 0 Å². The highest BCUT2D eigenvalue weighted by molar-refractivity contribution is 6.31.